The number of nitrogens with one attached hydrogen (secondary N) is 1. The van der Waals surface area contributed by atoms with Crippen LogP contribution in [0.3, 0.4) is 0 Å². The standard InChI is InChI=1S/C14H14Cl2N2OS/c1-8(5-10-4-3-9(2)20-10)18-14(19)11-6-13(16)17-7-12(11)15/h3-4,6-8H,5H2,1-2H3,(H,18,19). The summed E-state index contributed by atoms with van der Waals surface area (Å²) in [5.74, 6) is -0.236. The van der Waals surface area contributed by atoms with E-state index in [0.717, 1.165) is 6.42 Å². The summed E-state index contributed by atoms with van der Waals surface area (Å²) in [6, 6.07) is 5.65. The van der Waals surface area contributed by atoms with Gasteiger partial charge in [-0.2, -0.15) is 0 Å². The van der Waals surface area contributed by atoms with Gasteiger partial charge in [-0.05, 0) is 32.0 Å². The molecule has 1 amide bonds. The largest absolute Gasteiger partial charge is 0.349 e. The molecule has 0 fully saturated rings. The van der Waals surface area contributed by atoms with E-state index in [0.29, 0.717) is 10.6 Å². The smallest absolute Gasteiger partial charge is 0.253 e. The number of nitrogens with zero attached hydrogens (tertiary/aromatic N) is 1. The number of halogens is 2. The molecule has 0 saturated carbocycles. The molecule has 106 valence electrons. The number of hydrogen-bond acceptors (Lipinski definition) is 3. The van der Waals surface area contributed by atoms with Gasteiger partial charge >= 0.3 is 0 Å². The highest BCUT2D eigenvalue weighted by atomic mass is 35.5. The van der Waals surface area contributed by atoms with Crippen LogP contribution >= 0.6 is 34.5 Å². The SMILES string of the molecule is Cc1ccc(CC(C)NC(=O)c2cc(Cl)ncc2Cl)s1. The number of carbonyl (C=O) groups excluding carboxylic acids is 1. The first-order chi connectivity index (χ1) is 9.45. The average molecular weight is 329 g/mol. The number of aromatic nitrogens is 1. The van der Waals surface area contributed by atoms with Gasteiger partial charge in [0.2, 0.25) is 0 Å². The molecule has 3 nitrogen and oxygen atoms in total. The minimum Gasteiger partial charge on any atom is -0.349 e. The van der Waals surface area contributed by atoms with Gasteiger partial charge in [0.1, 0.15) is 5.15 Å². The molecule has 0 saturated heterocycles. The molecule has 0 radical (unpaired) electrons. The predicted molar refractivity (Wildman–Crippen MR) is 83.9 cm³/mol. The molecule has 1 unspecified atom stereocenters. The second-order valence-corrected chi connectivity index (χ2v) is 6.74. The Hall–Kier alpha value is -1.10. The summed E-state index contributed by atoms with van der Waals surface area (Å²) in [4.78, 5) is 18.5. The first-order valence-corrected chi connectivity index (χ1v) is 7.70. The Morgan fingerprint density at radius 1 is 1.45 bits per heavy atom. The fourth-order valence-corrected chi connectivity index (χ4v) is 3.20. The lowest BCUT2D eigenvalue weighted by Gasteiger charge is -2.13. The maximum atomic E-state index is 12.1. The minimum absolute atomic E-state index is 0.0172. The highest BCUT2D eigenvalue weighted by Crippen LogP contribution is 2.19. The molecule has 1 N–H and O–H groups in total. The van der Waals surface area contributed by atoms with Crippen molar-refractivity contribution in [3.63, 3.8) is 0 Å². The first-order valence-electron chi connectivity index (χ1n) is 6.13. The number of carbonyl (C=O) groups is 1. The van der Waals surface area contributed by atoms with E-state index in [1.807, 2.05) is 6.92 Å². The Kier molecular flexibility index (Phi) is 5.02. The third-order valence-corrected chi connectivity index (χ3v) is 4.28. The second kappa shape index (κ2) is 6.57. The van der Waals surface area contributed by atoms with E-state index < -0.39 is 0 Å². The van der Waals surface area contributed by atoms with Crippen molar-refractivity contribution in [3.05, 3.63) is 49.9 Å². The van der Waals surface area contributed by atoms with Crippen LogP contribution in [-0.2, 0) is 6.42 Å². The van der Waals surface area contributed by atoms with Crippen molar-refractivity contribution in [2.45, 2.75) is 26.3 Å². The monoisotopic (exact) mass is 328 g/mol. The maximum Gasteiger partial charge on any atom is 0.253 e. The number of amides is 1. The first kappa shape index (κ1) is 15.3. The third kappa shape index (κ3) is 3.95. The molecule has 1 atom stereocenters. The zero-order valence-electron chi connectivity index (χ0n) is 11.1. The number of aryl methyl sites for hydroxylation is 1. The quantitative estimate of drug-likeness (QED) is 0.858. The van der Waals surface area contributed by atoms with E-state index in [-0.39, 0.29) is 17.1 Å². The van der Waals surface area contributed by atoms with Crippen molar-refractivity contribution in [2.24, 2.45) is 0 Å². The molecule has 0 aliphatic rings. The number of pyridine rings is 1. The summed E-state index contributed by atoms with van der Waals surface area (Å²) in [6.45, 7) is 4.03. The molecule has 2 rings (SSSR count). The Morgan fingerprint density at radius 2 is 2.20 bits per heavy atom. The number of thiophene rings is 1. The van der Waals surface area contributed by atoms with Crippen LogP contribution in [0.4, 0.5) is 0 Å². The fraction of sp³-hybridized carbons (Fsp3) is 0.286. The van der Waals surface area contributed by atoms with Gasteiger partial charge in [0.25, 0.3) is 5.91 Å². The molecule has 0 aromatic carbocycles. The summed E-state index contributed by atoms with van der Waals surface area (Å²) in [7, 11) is 0. The van der Waals surface area contributed by atoms with Gasteiger partial charge in [-0.3, -0.25) is 4.79 Å². The van der Waals surface area contributed by atoms with Gasteiger partial charge in [0, 0.05) is 28.4 Å². The summed E-state index contributed by atoms with van der Waals surface area (Å²) >= 11 is 13.5. The van der Waals surface area contributed by atoms with E-state index in [2.05, 4.69) is 29.4 Å². The van der Waals surface area contributed by atoms with Crippen LogP contribution in [-0.4, -0.2) is 16.9 Å². The normalized spacial score (nSPS) is 12.2. The van der Waals surface area contributed by atoms with E-state index in [1.54, 1.807) is 11.3 Å². The Morgan fingerprint density at radius 3 is 2.85 bits per heavy atom. The van der Waals surface area contributed by atoms with Crippen LogP contribution in [0.1, 0.15) is 27.0 Å². The predicted octanol–water partition coefficient (Wildman–Crippen LogP) is 4.12. The van der Waals surface area contributed by atoms with E-state index >= 15 is 0 Å². The van der Waals surface area contributed by atoms with Crippen molar-refractivity contribution < 1.29 is 4.79 Å². The molecule has 20 heavy (non-hydrogen) atoms. The van der Waals surface area contributed by atoms with Gasteiger partial charge in [-0.1, -0.05) is 23.2 Å². The average Bonchev–Trinajstić information content (AvgIpc) is 2.77. The second-order valence-electron chi connectivity index (χ2n) is 4.58. The molecule has 6 heteroatoms. The molecule has 2 aromatic heterocycles. The van der Waals surface area contributed by atoms with Crippen molar-refractivity contribution >= 4 is 40.4 Å². The summed E-state index contributed by atoms with van der Waals surface area (Å²) < 4.78 is 0. The molecule has 0 bridgehead atoms. The van der Waals surface area contributed by atoms with Gasteiger partial charge in [-0.25, -0.2) is 4.98 Å². The Labute approximate surface area is 131 Å². The van der Waals surface area contributed by atoms with Gasteiger partial charge in [-0.15, -0.1) is 11.3 Å². The number of rotatable bonds is 4. The lowest BCUT2D eigenvalue weighted by molar-refractivity contribution is 0.0940. The van der Waals surface area contributed by atoms with Crippen LogP contribution in [0.2, 0.25) is 10.2 Å². The van der Waals surface area contributed by atoms with Crippen LogP contribution in [0.5, 0.6) is 0 Å². The van der Waals surface area contributed by atoms with E-state index in [1.165, 1.54) is 22.0 Å². The van der Waals surface area contributed by atoms with Crippen molar-refractivity contribution in [1.29, 1.82) is 0 Å². The van der Waals surface area contributed by atoms with Crippen molar-refractivity contribution in [2.75, 3.05) is 0 Å². The third-order valence-electron chi connectivity index (χ3n) is 2.75. The van der Waals surface area contributed by atoms with Crippen LogP contribution in [0, 0.1) is 6.92 Å². The van der Waals surface area contributed by atoms with Gasteiger partial charge in [0.05, 0.1) is 10.6 Å². The van der Waals surface area contributed by atoms with Gasteiger partial charge < -0.3 is 5.32 Å². The molecule has 0 spiro atoms. The highest BCUT2D eigenvalue weighted by Gasteiger charge is 2.15. The fourth-order valence-electron chi connectivity index (χ4n) is 1.84. The molecular weight excluding hydrogens is 315 g/mol. The zero-order valence-corrected chi connectivity index (χ0v) is 13.4. The summed E-state index contributed by atoms with van der Waals surface area (Å²) in [5.41, 5.74) is 0.348. The molecule has 0 aliphatic carbocycles. The Bertz CT molecular complexity index is 627. The molecule has 0 aliphatic heterocycles. The van der Waals surface area contributed by atoms with Crippen LogP contribution in [0.25, 0.3) is 0 Å². The molecule has 2 aromatic rings. The topological polar surface area (TPSA) is 42.0 Å². The molecule has 2 heterocycles. The van der Waals surface area contributed by atoms with Crippen LogP contribution < -0.4 is 5.32 Å². The summed E-state index contributed by atoms with van der Waals surface area (Å²) in [5, 5.41) is 3.47. The Balaban J connectivity index is 2.02. The van der Waals surface area contributed by atoms with Crippen molar-refractivity contribution in [1.82, 2.24) is 10.3 Å². The zero-order chi connectivity index (χ0) is 14.7. The van der Waals surface area contributed by atoms with Crippen LogP contribution in [0.15, 0.2) is 24.4 Å². The number of hydrogen-bond donors (Lipinski definition) is 1. The van der Waals surface area contributed by atoms with E-state index in [4.69, 9.17) is 23.2 Å². The minimum atomic E-state index is -0.236. The lowest BCUT2D eigenvalue weighted by Crippen LogP contribution is -2.34. The van der Waals surface area contributed by atoms with E-state index in [9.17, 15) is 4.79 Å². The summed E-state index contributed by atoms with van der Waals surface area (Å²) in [6.07, 6.45) is 2.17. The lowest BCUT2D eigenvalue weighted by atomic mass is 10.2. The van der Waals surface area contributed by atoms with Crippen molar-refractivity contribution in [3.8, 4) is 0 Å². The van der Waals surface area contributed by atoms with Gasteiger partial charge in [0.15, 0.2) is 0 Å². The molecular formula is C14H14Cl2N2OS. The maximum absolute atomic E-state index is 12.1. The highest BCUT2D eigenvalue weighted by molar-refractivity contribution is 7.11.